The number of benzene rings is 8. The molecule has 0 radical (unpaired) electrons. The summed E-state index contributed by atoms with van der Waals surface area (Å²) in [5, 5.41) is 7.06. The molecule has 0 saturated heterocycles. The lowest BCUT2D eigenvalue weighted by atomic mass is 9.95. The smallest absolute Gasteiger partial charge is 0.164 e. The van der Waals surface area contributed by atoms with E-state index < -0.39 is 0 Å². The monoisotopic (exact) mass is 611 g/mol. The average molecular weight is 612 g/mol. The van der Waals surface area contributed by atoms with E-state index in [9.17, 15) is 0 Å². The van der Waals surface area contributed by atoms with Gasteiger partial charge in [0, 0.05) is 16.7 Å². The lowest BCUT2D eigenvalue weighted by molar-refractivity contribution is 1.08. The van der Waals surface area contributed by atoms with E-state index in [0.717, 1.165) is 32.8 Å². The molecule has 0 unspecified atom stereocenters. The summed E-state index contributed by atoms with van der Waals surface area (Å²) in [7, 11) is 0. The summed E-state index contributed by atoms with van der Waals surface area (Å²) < 4.78 is 0. The Labute approximate surface area is 278 Å². The SMILES string of the molecule is c1ccc(-c2nc(-c3ccc4ccc(-c5cccc6ccccc56)cc4c3)nc(-c3cccc4c(-c5ccccc5)cccc34)n2)cc1. The van der Waals surface area contributed by atoms with Crippen molar-refractivity contribution in [2.45, 2.75) is 0 Å². The van der Waals surface area contributed by atoms with Crippen molar-refractivity contribution in [1.82, 2.24) is 15.0 Å². The number of aromatic nitrogens is 3. The molecule has 0 aliphatic rings. The highest BCUT2D eigenvalue weighted by Crippen LogP contribution is 2.36. The fourth-order valence-corrected chi connectivity index (χ4v) is 6.75. The van der Waals surface area contributed by atoms with Gasteiger partial charge in [0.1, 0.15) is 0 Å². The summed E-state index contributed by atoms with van der Waals surface area (Å²) >= 11 is 0. The molecule has 9 rings (SSSR count). The number of hydrogen-bond donors (Lipinski definition) is 0. The van der Waals surface area contributed by atoms with E-state index in [0.29, 0.717) is 17.5 Å². The first-order valence-electron chi connectivity index (χ1n) is 16.2. The van der Waals surface area contributed by atoms with Crippen LogP contribution < -0.4 is 0 Å². The van der Waals surface area contributed by atoms with Gasteiger partial charge < -0.3 is 0 Å². The van der Waals surface area contributed by atoms with Gasteiger partial charge in [0.15, 0.2) is 17.5 Å². The molecule has 48 heavy (non-hydrogen) atoms. The molecule has 0 bridgehead atoms. The van der Waals surface area contributed by atoms with Crippen LogP contribution in [0.15, 0.2) is 176 Å². The van der Waals surface area contributed by atoms with Gasteiger partial charge in [-0.05, 0) is 66.7 Å². The molecule has 1 aromatic heterocycles. The maximum absolute atomic E-state index is 5.16. The Balaban J connectivity index is 1.22. The van der Waals surface area contributed by atoms with E-state index in [1.165, 1.54) is 38.4 Å². The van der Waals surface area contributed by atoms with Gasteiger partial charge in [0.25, 0.3) is 0 Å². The van der Waals surface area contributed by atoms with Gasteiger partial charge in [-0.2, -0.15) is 0 Å². The standard InChI is InChI=1S/C45H29N3/c1-3-12-31(13-4-1)38-20-10-22-41-40(38)21-11-23-42(41)45-47-43(33-15-5-2-6-16-33)46-44(48-45)35-27-25-30-24-26-34(28-36(30)29-35)39-19-9-17-32-14-7-8-18-37(32)39/h1-29H. The zero-order chi connectivity index (χ0) is 31.9. The zero-order valence-corrected chi connectivity index (χ0v) is 26.1. The minimum Gasteiger partial charge on any atom is -0.208 e. The summed E-state index contributed by atoms with van der Waals surface area (Å²) in [4.78, 5) is 15.3. The third-order valence-electron chi connectivity index (χ3n) is 9.11. The predicted octanol–water partition coefficient (Wildman–Crippen LogP) is 11.7. The Hall–Kier alpha value is -6.45. The Bertz CT molecular complexity index is 2600. The van der Waals surface area contributed by atoms with Crippen molar-refractivity contribution in [1.29, 1.82) is 0 Å². The average Bonchev–Trinajstić information content (AvgIpc) is 3.17. The van der Waals surface area contributed by atoms with E-state index in [1.807, 2.05) is 18.2 Å². The molecule has 224 valence electrons. The van der Waals surface area contributed by atoms with Crippen molar-refractivity contribution >= 4 is 32.3 Å². The molecule has 3 nitrogen and oxygen atoms in total. The molecule has 3 heteroatoms. The topological polar surface area (TPSA) is 38.7 Å². The van der Waals surface area contributed by atoms with Gasteiger partial charge in [-0.1, -0.05) is 164 Å². The van der Waals surface area contributed by atoms with Gasteiger partial charge in [-0.15, -0.1) is 0 Å². The number of nitrogens with zero attached hydrogens (tertiary/aromatic N) is 3. The van der Waals surface area contributed by atoms with E-state index in [-0.39, 0.29) is 0 Å². The third-order valence-corrected chi connectivity index (χ3v) is 9.11. The molecule has 0 aliphatic heterocycles. The molecular weight excluding hydrogens is 583 g/mol. The van der Waals surface area contributed by atoms with Gasteiger partial charge in [-0.25, -0.2) is 15.0 Å². The fourth-order valence-electron chi connectivity index (χ4n) is 6.75. The number of rotatable bonds is 5. The van der Waals surface area contributed by atoms with Gasteiger partial charge in [-0.3, -0.25) is 0 Å². The second kappa shape index (κ2) is 11.7. The van der Waals surface area contributed by atoms with Crippen molar-refractivity contribution in [3.05, 3.63) is 176 Å². The minimum atomic E-state index is 0.646. The lowest BCUT2D eigenvalue weighted by Gasteiger charge is -2.13. The zero-order valence-electron chi connectivity index (χ0n) is 26.1. The summed E-state index contributed by atoms with van der Waals surface area (Å²) in [5.74, 6) is 1.95. The molecule has 0 saturated carbocycles. The maximum Gasteiger partial charge on any atom is 0.164 e. The molecule has 0 atom stereocenters. The van der Waals surface area contributed by atoms with Crippen molar-refractivity contribution in [3.63, 3.8) is 0 Å². The fraction of sp³-hybridized carbons (Fsp3) is 0. The van der Waals surface area contributed by atoms with E-state index in [4.69, 9.17) is 15.0 Å². The molecular formula is C45H29N3. The Morgan fingerprint density at radius 3 is 1.52 bits per heavy atom. The maximum atomic E-state index is 5.16. The van der Waals surface area contributed by atoms with Crippen molar-refractivity contribution in [3.8, 4) is 56.4 Å². The van der Waals surface area contributed by atoms with Crippen molar-refractivity contribution in [2.24, 2.45) is 0 Å². The Morgan fingerprint density at radius 2 is 0.750 bits per heavy atom. The lowest BCUT2D eigenvalue weighted by Crippen LogP contribution is -2.00. The van der Waals surface area contributed by atoms with Gasteiger partial charge in [0.05, 0.1) is 0 Å². The van der Waals surface area contributed by atoms with Crippen LogP contribution in [0, 0.1) is 0 Å². The van der Waals surface area contributed by atoms with E-state index in [2.05, 4.69) is 158 Å². The highest BCUT2D eigenvalue weighted by Gasteiger charge is 2.16. The highest BCUT2D eigenvalue weighted by atomic mass is 15.0. The normalized spacial score (nSPS) is 11.3. The second-order valence-corrected chi connectivity index (χ2v) is 12.0. The van der Waals surface area contributed by atoms with Crippen LogP contribution in [0.2, 0.25) is 0 Å². The van der Waals surface area contributed by atoms with Crippen LogP contribution in [0.3, 0.4) is 0 Å². The first kappa shape index (κ1) is 27.8. The minimum absolute atomic E-state index is 0.646. The van der Waals surface area contributed by atoms with Crippen LogP contribution in [0.25, 0.3) is 88.7 Å². The summed E-state index contributed by atoms with van der Waals surface area (Å²) in [5.41, 5.74) is 7.65. The molecule has 8 aromatic carbocycles. The molecule has 0 fully saturated rings. The van der Waals surface area contributed by atoms with Crippen molar-refractivity contribution < 1.29 is 0 Å². The third kappa shape index (κ3) is 4.99. The molecule has 0 aliphatic carbocycles. The first-order valence-corrected chi connectivity index (χ1v) is 16.2. The highest BCUT2D eigenvalue weighted by molar-refractivity contribution is 6.04. The van der Waals surface area contributed by atoms with Gasteiger partial charge >= 0.3 is 0 Å². The summed E-state index contributed by atoms with van der Waals surface area (Å²) in [6, 6.07) is 61.7. The predicted molar refractivity (Wildman–Crippen MR) is 200 cm³/mol. The molecule has 0 spiro atoms. The largest absolute Gasteiger partial charge is 0.208 e. The summed E-state index contributed by atoms with van der Waals surface area (Å²) in [6.45, 7) is 0. The number of fused-ring (bicyclic) bond motifs is 3. The summed E-state index contributed by atoms with van der Waals surface area (Å²) in [6.07, 6.45) is 0. The molecule has 0 amide bonds. The van der Waals surface area contributed by atoms with Gasteiger partial charge in [0.2, 0.25) is 0 Å². The Kier molecular flexibility index (Phi) is 6.80. The first-order chi connectivity index (χ1) is 23.8. The van der Waals surface area contributed by atoms with E-state index in [1.54, 1.807) is 0 Å². The van der Waals surface area contributed by atoms with Crippen LogP contribution >= 0.6 is 0 Å². The second-order valence-electron chi connectivity index (χ2n) is 12.0. The number of hydrogen-bond acceptors (Lipinski definition) is 3. The van der Waals surface area contributed by atoms with Crippen LogP contribution in [-0.4, -0.2) is 15.0 Å². The van der Waals surface area contributed by atoms with Crippen LogP contribution in [-0.2, 0) is 0 Å². The Morgan fingerprint density at radius 1 is 0.250 bits per heavy atom. The molecule has 0 N–H and O–H groups in total. The molecule has 1 heterocycles. The van der Waals surface area contributed by atoms with Crippen LogP contribution in [0.1, 0.15) is 0 Å². The van der Waals surface area contributed by atoms with Crippen LogP contribution in [0.5, 0.6) is 0 Å². The quantitative estimate of drug-likeness (QED) is 0.194. The van der Waals surface area contributed by atoms with Crippen molar-refractivity contribution in [2.75, 3.05) is 0 Å². The molecule has 9 aromatic rings. The van der Waals surface area contributed by atoms with Crippen LogP contribution in [0.4, 0.5) is 0 Å². The van der Waals surface area contributed by atoms with E-state index >= 15 is 0 Å².